The van der Waals surface area contributed by atoms with Crippen LogP contribution >= 0.6 is 13.5 Å². The third kappa shape index (κ3) is 6.69. The quantitative estimate of drug-likeness (QED) is 0.421. The van der Waals surface area contributed by atoms with Crippen molar-refractivity contribution in [1.29, 1.82) is 0 Å². The molecular formula is C19H19BF3KN2OS. The molecule has 1 heterocycles. The molecular weight excluding hydrogens is 411 g/mol. The van der Waals surface area contributed by atoms with Crippen LogP contribution in [-0.4, -0.2) is 24.6 Å². The molecule has 0 radical (unpaired) electrons. The number of nitrogens with zero attached hydrogens (tertiary/aromatic N) is 1. The third-order valence-corrected chi connectivity index (χ3v) is 4.27. The Morgan fingerprint density at radius 3 is 2.54 bits per heavy atom. The molecule has 1 aromatic heterocycles. The minimum atomic E-state index is -2.57. The fourth-order valence-electron chi connectivity index (χ4n) is 2.93. The van der Waals surface area contributed by atoms with E-state index in [0.717, 1.165) is 16.3 Å². The Labute approximate surface area is 211 Å². The molecule has 0 amide bonds. The van der Waals surface area contributed by atoms with E-state index in [1.165, 1.54) is 18.2 Å². The number of ketones is 1. The number of hydrogen-bond donors (Lipinski definition) is 1. The van der Waals surface area contributed by atoms with E-state index in [1.807, 2.05) is 24.3 Å². The summed E-state index contributed by atoms with van der Waals surface area (Å²) in [4.78, 5) is 16.7. The first-order valence-electron chi connectivity index (χ1n) is 8.02. The summed E-state index contributed by atoms with van der Waals surface area (Å²) in [5.74, 6) is -0.672. The van der Waals surface area contributed by atoms with Crippen molar-refractivity contribution in [3.8, 4) is 0 Å². The van der Waals surface area contributed by atoms with E-state index in [0.29, 0.717) is 5.56 Å². The van der Waals surface area contributed by atoms with Gasteiger partial charge in [-0.2, -0.15) is 13.5 Å². The second-order valence-corrected chi connectivity index (χ2v) is 5.96. The number of benzene rings is 2. The summed E-state index contributed by atoms with van der Waals surface area (Å²) in [5.41, 5.74) is 7.07. The van der Waals surface area contributed by atoms with Crippen LogP contribution in [0.2, 0.25) is 0 Å². The van der Waals surface area contributed by atoms with Gasteiger partial charge in [-0.15, -0.1) is 0 Å². The van der Waals surface area contributed by atoms with E-state index in [2.05, 4.69) is 4.98 Å². The zero-order chi connectivity index (χ0) is 17.8. The van der Waals surface area contributed by atoms with Crippen molar-refractivity contribution in [2.24, 2.45) is 5.73 Å². The minimum absolute atomic E-state index is 0. The summed E-state index contributed by atoms with van der Waals surface area (Å²) >= 11 is 0. The second-order valence-electron chi connectivity index (χ2n) is 5.96. The van der Waals surface area contributed by atoms with Crippen molar-refractivity contribution < 1.29 is 69.5 Å². The molecule has 3 nitrogen and oxygen atoms in total. The molecule has 0 saturated heterocycles. The molecule has 0 spiro atoms. The van der Waals surface area contributed by atoms with Crippen LogP contribution in [0.4, 0.5) is 8.63 Å². The molecule has 1 atom stereocenters. The molecule has 0 fully saturated rings. The van der Waals surface area contributed by atoms with Crippen LogP contribution in [0.5, 0.6) is 0 Å². The molecule has 28 heavy (non-hydrogen) atoms. The first kappa shape index (κ1) is 27.3. The molecule has 0 unspecified atom stereocenters. The van der Waals surface area contributed by atoms with Crippen LogP contribution in [0.3, 0.4) is 0 Å². The molecule has 0 bridgehead atoms. The van der Waals surface area contributed by atoms with Gasteiger partial charge in [0.05, 0.1) is 5.92 Å². The standard InChI is InChI=1S/C19H17BF2N2O.FH.K.H2S/c21-20(22)17-3-1-2-15(10-17)18(11-23)19(25)9-13-4-5-16-12-24-7-6-14(16)8-13;;;/h1-8,10,12,18H,9,11,23H2;1H;;1H2/q;;+1;/p-1/t18-;;;/m1.../s1. The fourth-order valence-corrected chi connectivity index (χ4v) is 2.93. The van der Waals surface area contributed by atoms with Crippen molar-refractivity contribution in [1.82, 2.24) is 4.98 Å². The summed E-state index contributed by atoms with van der Waals surface area (Å²) in [6, 6.07) is 13.6. The van der Waals surface area contributed by atoms with Crippen LogP contribution in [0, 0.1) is 0 Å². The first-order chi connectivity index (χ1) is 12.1. The summed E-state index contributed by atoms with van der Waals surface area (Å²) in [6.07, 6.45) is 3.67. The van der Waals surface area contributed by atoms with Crippen molar-refractivity contribution in [2.45, 2.75) is 12.3 Å². The minimum Gasteiger partial charge on any atom is -1.00 e. The van der Waals surface area contributed by atoms with Crippen LogP contribution in [-0.2, 0) is 11.2 Å². The van der Waals surface area contributed by atoms with Gasteiger partial charge >= 0.3 is 58.7 Å². The number of halogens is 3. The molecule has 2 N–H and O–H groups in total. The second kappa shape index (κ2) is 12.8. The molecule has 3 aromatic rings. The maximum absolute atomic E-state index is 12.9. The van der Waals surface area contributed by atoms with E-state index in [1.54, 1.807) is 18.5 Å². The largest absolute Gasteiger partial charge is 1.00 e. The van der Waals surface area contributed by atoms with Crippen LogP contribution in [0.1, 0.15) is 17.0 Å². The number of pyridine rings is 1. The zero-order valence-corrected chi connectivity index (χ0v) is 19.5. The normalized spacial score (nSPS) is 10.8. The van der Waals surface area contributed by atoms with Gasteiger partial charge in [0.15, 0.2) is 0 Å². The van der Waals surface area contributed by atoms with Gasteiger partial charge in [-0.05, 0) is 28.0 Å². The van der Waals surface area contributed by atoms with Gasteiger partial charge in [-0.1, -0.05) is 42.5 Å². The summed E-state index contributed by atoms with van der Waals surface area (Å²) in [5, 5.41) is 2.00. The van der Waals surface area contributed by atoms with Crippen LogP contribution in [0.25, 0.3) is 10.8 Å². The molecule has 2 aromatic carbocycles. The van der Waals surface area contributed by atoms with E-state index in [9.17, 15) is 13.4 Å². The van der Waals surface area contributed by atoms with Gasteiger partial charge in [-0.3, -0.25) is 18.4 Å². The maximum Gasteiger partial charge on any atom is 1.00 e. The zero-order valence-electron chi connectivity index (χ0n) is 15.4. The van der Waals surface area contributed by atoms with Crippen molar-refractivity contribution >= 4 is 42.8 Å². The fraction of sp³-hybridized carbons (Fsp3) is 0.158. The van der Waals surface area contributed by atoms with Crippen molar-refractivity contribution in [3.05, 3.63) is 72.1 Å². The van der Waals surface area contributed by atoms with Gasteiger partial charge in [0, 0.05) is 30.7 Å². The Bertz CT molecular complexity index is 917. The Kier molecular flexibility index (Phi) is 12.5. The monoisotopic (exact) mass is 430 g/mol. The summed E-state index contributed by atoms with van der Waals surface area (Å²) in [6.45, 7) is 0.0863. The number of fused-ring (bicyclic) bond motifs is 1. The van der Waals surface area contributed by atoms with E-state index >= 15 is 0 Å². The van der Waals surface area contributed by atoms with Gasteiger partial charge in [0.1, 0.15) is 5.78 Å². The predicted octanol–water partition coefficient (Wildman–Crippen LogP) is -3.16. The molecule has 0 aliphatic rings. The Morgan fingerprint density at radius 2 is 1.86 bits per heavy atom. The number of carbonyl (C=O) groups is 1. The van der Waals surface area contributed by atoms with Gasteiger partial charge in [-0.25, -0.2) is 0 Å². The molecule has 0 saturated carbocycles. The van der Waals surface area contributed by atoms with Gasteiger partial charge in [0.2, 0.25) is 0 Å². The molecule has 3 rings (SSSR count). The Hall–Kier alpha value is -0.679. The third-order valence-electron chi connectivity index (χ3n) is 4.27. The average Bonchev–Trinajstić information content (AvgIpc) is 2.62. The summed E-state index contributed by atoms with van der Waals surface area (Å²) < 4.78 is 25.8. The number of hydrogen-bond acceptors (Lipinski definition) is 3. The number of rotatable bonds is 6. The Balaban J connectivity index is 0.00000243. The summed E-state index contributed by atoms with van der Waals surface area (Å²) in [7, 11) is -2.57. The molecule has 9 heteroatoms. The number of nitrogens with two attached hydrogens (primary N) is 1. The van der Waals surface area contributed by atoms with Crippen molar-refractivity contribution in [3.63, 3.8) is 0 Å². The smallest absolute Gasteiger partial charge is 1.00 e. The average molecular weight is 430 g/mol. The number of aromatic nitrogens is 1. The maximum atomic E-state index is 12.9. The van der Waals surface area contributed by atoms with Crippen molar-refractivity contribution in [2.75, 3.05) is 6.54 Å². The van der Waals surface area contributed by atoms with Crippen LogP contribution in [0.15, 0.2) is 60.9 Å². The first-order valence-corrected chi connectivity index (χ1v) is 8.02. The molecule has 142 valence electrons. The number of carbonyl (C=O) groups excluding carboxylic acids is 1. The topological polar surface area (TPSA) is 56.0 Å². The predicted molar refractivity (Wildman–Crippen MR) is 107 cm³/mol. The Morgan fingerprint density at radius 1 is 1.11 bits per heavy atom. The van der Waals surface area contributed by atoms with E-state index < -0.39 is 13.2 Å². The SMILES string of the molecule is NC[C@@H](C(=O)Cc1ccc2cnccc2c1)c1cccc(B(F)F)c1.S.[F-].[K+]. The molecule has 0 aliphatic heterocycles. The van der Waals surface area contributed by atoms with E-state index in [-0.39, 0.29) is 93.8 Å². The number of Topliss-reactive ketones (excluding diaryl/α,β-unsaturated/α-hetero) is 1. The molecule has 0 aliphatic carbocycles. The van der Waals surface area contributed by atoms with Crippen LogP contribution < -0.4 is 67.3 Å². The van der Waals surface area contributed by atoms with Gasteiger partial charge in [0.25, 0.3) is 0 Å². The van der Waals surface area contributed by atoms with E-state index in [4.69, 9.17) is 5.73 Å². The van der Waals surface area contributed by atoms with Gasteiger partial charge < -0.3 is 10.4 Å².